The number of rotatable bonds is 2. The number of fused-ring (bicyclic) bond motifs is 1. The van der Waals surface area contributed by atoms with E-state index in [1.807, 2.05) is 29.6 Å². The summed E-state index contributed by atoms with van der Waals surface area (Å²) in [5.41, 5.74) is 1.40. The van der Waals surface area contributed by atoms with Crippen LogP contribution in [0, 0.1) is 0 Å². The van der Waals surface area contributed by atoms with Crippen LogP contribution in [-0.2, 0) is 0 Å². The molecule has 0 saturated carbocycles. The second-order valence-corrected chi connectivity index (χ2v) is 4.61. The molecule has 0 bridgehead atoms. The number of pyridine rings is 1. The Kier molecular flexibility index (Phi) is 2.51. The molecule has 3 rings (SSSR count). The first-order valence-electron chi connectivity index (χ1n) is 5.21. The normalized spacial score (nSPS) is 10.6. The van der Waals surface area contributed by atoms with E-state index in [0.717, 1.165) is 15.5 Å². The lowest BCUT2D eigenvalue weighted by Gasteiger charge is -2.16. The van der Waals surface area contributed by atoms with Gasteiger partial charge in [0, 0.05) is 10.9 Å². The smallest absolute Gasteiger partial charge is 0.0876 e. The largest absolute Gasteiger partial charge is 0.283 e. The summed E-state index contributed by atoms with van der Waals surface area (Å²) < 4.78 is 1.16. The predicted molar refractivity (Wildman–Crippen MR) is 70.0 cm³/mol. The van der Waals surface area contributed by atoms with E-state index in [-0.39, 0.29) is 0 Å². The summed E-state index contributed by atoms with van der Waals surface area (Å²) in [7, 11) is 0. The molecular formula is C13H10N2OS. The van der Waals surface area contributed by atoms with Crippen molar-refractivity contribution in [3.05, 3.63) is 54.2 Å². The first kappa shape index (κ1) is 10.3. The molecule has 3 aromatic rings. The highest BCUT2D eigenvalue weighted by Crippen LogP contribution is 2.28. The van der Waals surface area contributed by atoms with Crippen molar-refractivity contribution in [3.63, 3.8) is 0 Å². The first-order chi connectivity index (χ1) is 8.34. The number of nitrogens with zero attached hydrogens (tertiary/aromatic N) is 2. The maximum absolute atomic E-state index is 10.1. The number of thiophene rings is 1. The van der Waals surface area contributed by atoms with Gasteiger partial charge in [-0.15, -0.1) is 11.3 Å². The highest BCUT2D eigenvalue weighted by Gasteiger charge is 2.06. The fourth-order valence-electron chi connectivity index (χ4n) is 1.70. The lowest BCUT2D eigenvalue weighted by atomic mass is 10.2. The Morgan fingerprint density at radius 3 is 2.88 bits per heavy atom. The second kappa shape index (κ2) is 4.16. The predicted octanol–water partition coefficient (Wildman–Crippen LogP) is 3.82. The molecule has 3 nitrogen and oxygen atoms in total. The van der Waals surface area contributed by atoms with Gasteiger partial charge in [-0.05, 0) is 41.1 Å². The van der Waals surface area contributed by atoms with Crippen LogP contribution in [0.1, 0.15) is 0 Å². The quantitative estimate of drug-likeness (QED) is 0.694. The Morgan fingerprint density at radius 2 is 2.06 bits per heavy atom. The molecule has 0 amide bonds. The lowest BCUT2D eigenvalue weighted by molar-refractivity contribution is 0.301. The molecule has 0 saturated heterocycles. The fourth-order valence-corrected chi connectivity index (χ4v) is 2.53. The average molecular weight is 242 g/mol. The lowest BCUT2D eigenvalue weighted by Crippen LogP contribution is -2.10. The van der Waals surface area contributed by atoms with Crippen molar-refractivity contribution in [1.82, 2.24) is 4.98 Å². The molecule has 0 aliphatic heterocycles. The van der Waals surface area contributed by atoms with Crippen LogP contribution in [0.2, 0.25) is 0 Å². The Balaban J connectivity index is 2.03. The van der Waals surface area contributed by atoms with Gasteiger partial charge in [0.1, 0.15) is 0 Å². The molecular weight excluding hydrogens is 232 g/mol. The van der Waals surface area contributed by atoms with E-state index < -0.39 is 0 Å². The van der Waals surface area contributed by atoms with E-state index in [0.29, 0.717) is 5.69 Å². The Hall–Kier alpha value is -1.91. The molecule has 1 N–H and O–H groups in total. The van der Waals surface area contributed by atoms with Crippen molar-refractivity contribution >= 4 is 32.8 Å². The van der Waals surface area contributed by atoms with Crippen molar-refractivity contribution in [1.29, 1.82) is 0 Å². The van der Waals surface area contributed by atoms with Crippen LogP contribution in [0.15, 0.2) is 54.2 Å². The third kappa shape index (κ3) is 1.88. The molecule has 1 aromatic carbocycles. The summed E-state index contributed by atoms with van der Waals surface area (Å²) >= 11 is 1.66. The topological polar surface area (TPSA) is 36.4 Å². The third-order valence-corrected chi connectivity index (χ3v) is 3.45. The number of benzene rings is 1. The van der Waals surface area contributed by atoms with Crippen molar-refractivity contribution in [2.75, 3.05) is 5.06 Å². The number of hydrogen-bond donors (Lipinski definition) is 1. The standard InChI is InChI=1S/C13H10N2OS/c16-15(12-2-1-6-14-9-12)11-4-3-10-5-7-17-13(10)8-11/h1-9,16H. The number of aromatic nitrogens is 1. The molecule has 2 aromatic heterocycles. The first-order valence-corrected chi connectivity index (χ1v) is 6.09. The van der Waals surface area contributed by atoms with Crippen LogP contribution in [-0.4, -0.2) is 10.2 Å². The molecule has 0 aliphatic rings. The summed E-state index contributed by atoms with van der Waals surface area (Å²) in [6.45, 7) is 0. The van der Waals surface area contributed by atoms with Crippen molar-refractivity contribution in [2.45, 2.75) is 0 Å². The van der Waals surface area contributed by atoms with Crippen molar-refractivity contribution in [3.8, 4) is 0 Å². The van der Waals surface area contributed by atoms with E-state index in [2.05, 4.69) is 11.1 Å². The van der Waals surface area contributed by atoms with Gasteiger partial charge >= 0.3 is 0 Å². The maximum Gasteiger partial charge on any atom is 0.0876 e. The van der Waals surface area contributed by atoms with Gasteiger partial charge in [-0.25, -0.2) is 5.06 Å². The van der Waals surface area contributed by atoms with Crippen LogP contribution >= 0.6 is 11.3 Å². The second-order valence-electron chi connectivity index (χ2n) is 3.67. The highest BCUT2D eigenvalue weighted by molar-refractivity contribution is 7.17. The van der Waals surface area contributed by atoms with Crippen LogP contribution < -0.4 is 5.06 Å². The molecule has 0 atom stereocenters. The van der Waals surface area contributed by atoms with E-state index in [9.17, 15) is 5.21 Å². The van der Waals surface area contributed by atoms with Gasteiger partial charge in [0.05, 0.1) is 17.6 Å². The summed E-state index contributed by atoms with van der Waals surface area (Å²) in [5, 5.41) is 14.5. The molecule has 0 fully saturated rings. The van der Waals surface area contributed by atoms with Gasteiger partial charge in [-0.3, -0.25) is 10.2 Å². The summed E-state index contributed by atoms with van der Waals surface area (Å²) in [6, 6.07) is 11.5. The zero-order valence-electron chi connectivity index (χ0n) is 8.95. The molecule has 17 heavy (non-hydrogen) atoms. The van der Waals surface area contributed by atoms with Gasteiger partial charge in [0.2, 0.25) is 0 Å². The molecule has 0 spiro atoms. The highest BCUT2D eigenvalue weighted by atomic mass is 32.1. The van der Waals surface area contributed by atoms with E-state index in [1.54, 1.807) is 29.8 Å². The Bertz CT molecular complexity index is 636. The van der Waals surface area contributed by atoms with Gasteiger partial charge in [0.25, 0.3) is 0 Å². The zero-order chi connectivity index (χ0) is 11.7. The Labute approximate surface area is 103 Å². The Morgan fingerprint density at radius 1 is 1.12 bits per heavy atom. The van der Waals surface area contributed by atoms with Crippen LogP contribution in [0.4, 0.5) is 11.4 Å². The maximum atomic E-state index is 10.1. The zero-order valence-corrected chi connectivity index (χ0v) is 9.76. The molecule has 0 unspecified atom stereocenters. The summed E-state index contributed by atoms with van der Waals surface area (Å²) in [4.78, 5) is 3.98. The van der Waals surface area contributed by atoms with E-state index >= 15 is 0 Å². The molecule has 84 valence electrons. The van der Waals surface area contributed by atoms with Gasteiger partial charge in [-0.1, -0.05) is 6.07 Å². The SMILES string of the molecule is ON(c1cccnc1)c1ccc2ccsc2c1. The average Bonchev–Trinajstić information content (AvgIpc) is 2.86. The third-order valence-electron chi connectivity index (χ3n) is 2.57. The summed E-state index contributed by atoms with van der Waals surface area (Å²) in [5.74, 6) is 0. The molecule has 4 heteroatoms. The van der Waals surface area contributed by atoms with Crippen LogP contribution in [0.3, 0.4) is 0 Å². The van der Waals surface area contributed by atoms with Crippen molar-refractivity contribution in [2.24, 2.45) is 0 Å². The minimum atomic E-state index is 0.656. The molecule has 0 radical (unpaired) electrons. The van der Waals surface area contributed by atoms with Gasteiger partial charge < -0.3 is 0 Å². The minimum Gasteiger partial charge on any atom is -0.283 e. The van der Waals surface area contributed by atoms with Crippen LogP contribution in [0.5, 0.6) is 0 Å². The number of anilines is 2. The van der Waals surface area contributed by atoms with E-state index in [4.69, 9.17) is 0 Å². The van der Waals surface area contributed by atoms with Crippen LogP contribution in [0.25, 0.3) is 10.1 Å². The monoisotopic (exact) mass is 242 g/mol. The summed E-state index contributed by atoms with van der Waals surface area (Å²) in [6.07, 6.45) is 3.30. The van der Waals surface area contributed by atoms with E-state index in [1.165, 1.54) is 5.39 Å². The minimum absolute atomic E-state index is 0.656. The molecule has 2 heterocycles. The van der Waals surface area contributed by atoms with Gasteiger partial charge in [-0.2, -0.15) is 0 Å². The van der Waals surface area contributed by atoms with Crippen molar-refractivity contribution < 1.29 is 5.21 Å². The molecule has 0 aliphatic carbocycles. The fraction of sp³-hybridized carbons (Fsp3) is 0. The number of hydrogen-bond acceptors (Lipinski definition) is 4. The van der Waals surface area contributed by atoms with Gasteiger partial charge in [0.15, 0.2) is 0 Å².